The quantitative estimate of drug-likeness (QED) is 0.888. The van der Waals surface area contributed by atoms with Crippen LogP contribution in [0.25, 0.3) is 11.3 Å². The number of nitrogens with two attached hydrogens (primary N) is 1. The minimum Gasteiger partial charge on any atom is -0.384 e. The normalized spacial score (nSPS) is 10.8. The Balaban J connectivity index is 2.68. The fourth-order valence-electron chi connectivity index (χ4n) is 1.98. The van der Waals surface area contributed by atoms with Gasteiger partial charge in [-0.1, -0.05) is 36.7 Å². The molecule has 1 aromatic heterocycles. The van der Waals surface area contributed by atoms with Gasteiger partial charge in [-0.25, -0.2) is 0 Å². The third-order valence-electron chi connectivity index (χ3n) is 2.99. The number of benzene rings is 1. The molecule has 0 saturated carbocycles. The van der Waals surface area contributed by atoms with Crippen LogP contribution in [0.5, 0.6) is 0 Å². The van der Waals surface area contributed by atoms with Crippen molar-refractivity contribution in [1.29, 1.82) is 0 Å². The van der Waals surface area contributed by atoms with E-state index in [1.54, 1.807) is 4.68 Å². The van der Waals surface area contributed by atoms with Crippen LogP contribution in [-0.4, -0.2) is 9.78 Å². The predicted octanol–water partition coefficient (Wildman–Crippen LogP) is 3.19. The molecule has 1 heterocycles. The standard InChI is InChI=1S/C13H16ClN3/c1-4-9-12(16-17(3)13(9)15)10-7-5-6-8(2)11(10)14/h5-7H,4,15H2,1-3H3. The topological polar surface area (TPSA) is 43.8 Å². The molecule has 0 aliphatic heterocycles. The second-order valence-electron chi connectivity index (χ2n) is 4.13. The van der Waals surface area contributed by atoms with Crippen LogP contribution >= 0.6 is 11.6 Å². The molecule has 90 valence electrons. The van der Waals surface area contributed by atoms with Crippen LogP contribution < -0.4 is 5.73 Å². The van der Waals surface area contributed by atoms with E-state index in [1.165, 1.54) is 0 Å². The first-order chi connectivity index (χ1) is 8.06. The molecule has 0 bridgehead atoms. The summed E-state index contributed by atoms with van der Waals surface area (Å²) in [6, 6.07) is 5.96. The summed E-state index contributed by atoms with van der Waals surface area (Å²) in [5, 5.41) is 5.21. The van der Waals surface area contributed by atoms with Gasteiger partial charge in [0.15, 0.2) is 0 Å². The number of nitrogen functional groups attached to an aromatic ring is 1. The van der Waals surface area contributed by atoms with E-state index in [-0.39, 0.29) is 0 Å². The van der Waals surface area contributed by atoms with Crippen molar-refractivity contribution < 1.29 is 0 Å². The lowest BCUT2D eigenvalue weighted by molar-refractivity contribution is 0.781. The molecular formula is C13H16ClN3. The van der Waals surface area contributed by atoms with Crippen LogP contribution in [0.2, 0.25) is 5.02 Å². The maximum atomic E-state index is 6.33. The van der Waals surface area contributed by atoms with Gasteiger partial charge in [0.2, 0.25) is 0 Å². The maximum absolute atomic E-state index is 6.33. The first-order valence-corrected chi connectivity index (χ1v) is 6.00. The zero-order valence-corrected chi connectivity index (χ0v) is 11.0. The highest BCUT2D eigenvalue weighted by Gasteiger charge is 2.16. The van der Waals surface area contributed by atoms with E-state index in [0.29, 0.717) is 5.82 Å². The number of aromatic nitrogens is 2. The molecule has 0 aliphatic rings. The highest BCUT2D eigenvalue weighted by molar-refractivity contribution is 6.34. The van der Waals surface area contributed by atoms with Crippen molar-refractivity contribution in [1.82, 2.24) is 9.78 Å². The lowest BCUT2D eigenvalue weighted by Gasteiger charge is -2.05. The summed E-state index contributed by atoms with van der Waals surface area (Å²) in [5.74, 6) is 0.708. The van der Waals surface area contributed by atoms with Gasteiger partial charge in [-0.3, -0.25) is 4.68 Å². The van der Waals surface area contributed by atoms with Gasteiger partial charge < -0.3 is 5.73 Å². The number of aryl methyl sites for hydroxylation is 2. The third kappa shape index (κ3) is 1.91. The van der Waals surface area contributed by atoms with Crippen LogP contribution in [0.15, 0.2) is 18.2 Å². The summed E-state index contributed by atoms with van der Waals surface area (Å²) < 4.78 is 1.70. The number of anilines is 1. The average molecular weight is 250 g/mol. The van der Waals surface area contributed by atoms with E-state index in [2.05, 4.69) is 12.0 Å². The zero-order valence-electron chi connectivity index (χ0n) is 10.3. The Labute approximate surface area is 106 Å². The van der Waals surface area contributed by atoms with Crippen LogP contribution in [0.1, 0.15) is 18.1 Å². The molecule has 0 amide bonds. The van der Waals surface area contributed by atoms with Crippen molar-refractivity contribution in [3.05, 3.63) is 34.3 Å². The molecule has 0 unspecified atom stereocenters. The Kier molecular flexibility index (Phi) is 3.11. The van der Waals surface area contributed by atoms with Crippen LogP contribution in [0.3, 0.4) is 0 Å². The monoisotopic (exact) mass is 249 g/mol. The summed E-state index contributed by atoms with van der Waals surface area (Å²) in [7, 11) is 1.85. The largest absolute Gasteiger partial charge is 0.384 e. The average Bonchev–Trinajstić information content (AvgIpc) is 2.59. The van der Waals surface area contributed by atoms with Crippen LogP contribution in [0.4, 0.5) is 5.82 Å². The third-order valence-corrected chi connectivity index (χ3v) is 3.50. The summed E-state index contributed by atoms with van der Waals surface area (Å²) in [6.45, 7) is 4.06. The Morgan fingerprint density at radius 1 is 1.41 bits per heavy atom. The van der Waals surface area contributed by atoms with Crippen molar-refractivity contribution in [2.75, 3.05) is 5.73 Å². The Morgan fingerprint density at radius 3 is 2.76 bits per heavy atom. The highest BCUT2D eigenvalue weighted by atomic mass is 35.5. The van der Waals surface area contributed by atoms with Crippen molar-refractivity contribution in [2.45, 2.75) is 20.3 Å². The second-order valence-corrected chi connectivity index (χ2v) is 4.50. The zero-order chi connectivity index (χ0) is 12.6. The summed E-state index contributed by atoms with van der Waals surface area (Å²) >= 11 is 6.33. The smallest absolute Gasteiger partial charge is 0.125 e. The molecule has 2 rings (SSSR count). The number of hydrogen-bond donors (Lipinski definition) is 1. The minimum atomic E-state index is 0.708. The highest BCUT2D eigenvalue weighted by Crippen LogP contribution is 2.33. The summed E-state index contributed by atoms with van der Waals surface area (Å²) in [4.78, 5) is 0. The van der Waals surface area contributed by atoms with Gasteiger partial charge in [-0.2, -0.15) is 5.10 Å². The van der Waals surface area contributed by atoms with E-state index < -0.39 is 0 Å². The summed E-state index contributed by atoms with van der Waals surface area (Å²) in [6.07, 6.45) is 0.847. The van der Waals surface area contributed by atoms with Gasteiger partial charge in [0.1, 0.15) is 5.82 Å². The molecule has 2 aromatic rings. The molecule has 1 aromatic carbocycles. The maximum Gasteiger partial charge on any atom is 0.125 e. The number of halogens is 1. The van der Waals surface area contributed by atoms with Crippen molar-refractivity contribution in [3.63, 3.8) is 0 Å². The molecule has 4 heteroatoms. The van der Waals surface area contributed by atoms with Crippen molar-refractivity contribution >= 4 is 17.4 Å². The fraction of sp³-hybridized carbons (Fsp3) is 0.308. The molecular weight excluding hydrogens is 234 g/mol. The molecule has 3 nitrogen and oxygen atoms in total. The fourth-order valence-corrected chi connectivity index (χ4v) is 2.19. The van der Waals surface area contributed by atoms with Crippen molar-refractivity contribution in [2.24, 2.45) is 7.05 Å². The Hall–Kier alpha value is -1.48. The molecule has 2 N–H and O–H groups in total. The van der Waals surface area contributed by atoms with Gasteiger partial charge in [0, 0.05) is 18.2 Å². The molecule has 0 saturated heterocycles. The molecule has 17 heavy (non-hydrogen) atoms. The van der Waals surface area contributed by atoms with E-state index in [4.69, 9.17) is 17.3 Å². The molecule has 0 fully saturated rings. The Morgan fingerprint density at radius 2 is 2.12 bits per heavy atom. The van der Waals surface area contributed by atoms with E-state index in [0.717, 1.165) is 33.8 Å². The Bertz CT molecular complexity index is 558. The second kappa shape index (κ2) is 4.41. The van der Waals surface area contributed by atoms with Crippen LogP contribution in [0, 0.1) is 6.92 Å². The first-order valence-electron chi connectivity index (χ1n) is 5.63. The van der Waals surface area contributed by atoms with E-state index >= 15 is 0 Å². The minimum absolute atomic E-state index is 0.708. The SMILES string of the molecule is CCc1c(-c2cccc(C)c2Cl)nn(C)c1N. The molecule has 0 atom stereocenters. The number of nitrogens with zero attached hydrogens (tertiary/aromatic N) is 2. The molecule has 0 spiro atoms. The summed E-state index contributed by atoms with van der Waals surface area (Å²) in [5.41, 5.74) is 9.95. The first kappa shape index (κ1) is 12.0. The number of rotatable bonds is 2. The predicted molar refractivity (Wildman–Crippen MR) is 72.2 cm³/mol. The van der Waals surface area contributed by atoms with Gasteiger partial charge >= 0.3 is 0 Å². The van der Waals surface area contributed by atoms with E-state index in [1.807, 2.05) is 32.2 Å². The van der Waals surface area contributed by atoms with Gasteiger partial charge in [0.25, 0.3) is 0 Å². The van der Waals surface area contributed by atoms with Crippen LogP contribution in [-0.2, 0) is 13.5 Å². The van der Waals surface area contributed by atoms with Gasteiger partial charge in [-0.15, -0.1) is 0 Å². The molecule has 0 aliphatic carbocycles. The van der Waals surface area contributed by atoms with Gasteiger partial charge in [-0.05, 0) is 18.9 Å². The van der Waals surface area contributed by atoms with Gasteiger partial charge in [0.05, 0.1) is 10.7 Å². The van der Waals surface area contributed by atoms with E-state index in [9.17, 15) is 0 Å². The number of hydrogen-bond acceptors (Lipinski definition) is 2. The lowest BCUT2D eigenvalue weighted by atomic mass is 10.0. The van der Waals surface area contributed by atoms with Crippen molar-refractivity contribution in [3.8, 4) is 11.3 Å². The lowest BCUT2D eigenvalue weighted by Crippen LogP contribution is -1.98. The molecule has 0 radical (unpaired) electrons.